The van der Waals surface area contributed by atoms with Gasteiger partial charge < -0.3 is 19.3 Å². The van der Waals surface area contributed by atoms with Crippen molar-refractivity contribution >= 4 is 56.3 Å². The molecular weight excluding hydrogens is 593 g/mol. The average molecular weight is 625 g/mol. The lowest BCUT2D eigenvalue weighted by Gasteiger charge is -2.34. The summed E-state index contributed by atoms with van der Waals surface area (Å²) in [6.45, 7) is 0. The third-order valence-electron chi connectivity index (χ3n) is 8.59. The highest BCUT2D eigenvalue weighted by atomic mass is 32.1. The Hall–Kier alpha value is -4.78. The van der Waals surface area contributed by atoms with Crippen molar-refractivity contribution in [2.75, 3.05) is 28.2 Å². The Balaban J connectivity index is 1.51. The summed E-state index contributed by atoms with van der Waals surface area (Å²) in [5.74, 6) is 1.40. The number of fused-ring (bicyclic) bond motifs is 5. The number of hydrogen-bond acceptors (Lipinski definition) is 4. The van der Waals surface area contributed by atoms with Gasteiger partial charge in [-0.2, -0.15) is 0 Å². The number of rotatable bonds is 4. The molecule has 0 amide bonds. The molecule has 0 heterocycles. The summed E-state index contributed by atoms with van der Waals surface area (Å²) < 4.78 is 12.0. The van der Waals surface area contributed by atoms with Crippen molar-refractivity contribution in [2.45, 2.75) is 5.41 Å². The highest BCUT2D eigenvalue weighted by Crippen LogP contribution is 2.58. The zero-order valence-corrected chi connectivity index (χ0v) is 27.2. The van der Waals surface area contributed by atoms with Crippen molar-refractivity contribution in [1.82, 2.24) is 9.80 Å². The number of nitrogens with zero attached hydrogens (tertiary/aromatic N) is 2. The summed E-state index contributed by atoms with van der Waals surface area (Å²) in [5.41, 5.74) is 6.60. The van der Waals surface area contributed by atoms with E-state index in [1.165, 1.54) is 43.8 Å². The minimum Gasteiger partial charge on any atom is -0.432 e. The molecule has 0 N–H and O–H groups in total. The van der Waals surface area contributed by atoms with Gasteiger partial charge in [0.2, 0.25) is 0 Å². The maximum Gasteiger partial charge on any atom is 0.264 e. The molecule has 6 aromatic carbocycles. The fraction of sp³-hybridized carbons (Fsp3) is 0.128. The molecule has 0 fully saturated rings. The summed E-state index contributed by atoms with van der Waals surface area (Å²) in [5, 5.41) is 5.66. The van der Waals surface area contributed by atoms with Gasteiger partial charge in [-0.25, -0.2) is 0 Å². The van der Waals surface area contributed by atoms with E-state index in [2.05, 4.69) is 97.1 Å². The first-order chi connectivity index (χ1) is 21.8. The maximum atomic E-state index is 5.98. The number of ether oxygens (including phenoxy) is 2. The first kappa shape index (κ1) is 29.0. The van der Waals surface area contributed by atoms with Gasteiger partial charge >= 0.3 is 0 Å². The van der Waals surface area contributed by atoms with Crippen molar-refractivity contribution in [3.63, 3.8) is 0 Å². The van der Waals surface area contributed by atoms with E-state index in [-0.39, 0.29) is 0 Å². The molecule has 45 heavy (non-hydrogen) atoms. The Morgan fingerprint density at radius 1 is 0.489 bits per heavy atom. The first-order valence-corrected chi connectivity index (χ1v) is 15.6. The molecule has 4 nitrogen and oxygen atoms in total. The third kappa shape index (κ3) is 4.91. The Bertz CT molecular complexity index is 1950. The highest BCUT2D eigenvalue weighted by Gasteiger charge is 2.46. The fourth-order valence-electron chi connectivity index (χ4n) is 6.41. The topological polar surface area (TPSA) is 24.9 Å². The normalized spacial score (nSPS) is 12.8. The van der Waals surface area contributed by atoms with Gasteiger partial charge in [-0.15, -0.1) is 0 Å². The third-order valence-corrected chi connectivity index (χ3v) is 9.48. The predicted molar refractivity (Wildman–Crippen MR) is 193 cm³/mol. The van der Waals surface area contributed by atoms with Gasteiger partial charge in [0.05, 0.1) is 5.41 Å². The second-order valence-corrected chi connectivity index (χ2v) is 12.5. The molecule has 6 heteroatoms. The van der Waals surface area contributed by atoms with Crippen LogP contribution >= 0.6 is 24.4 Å². The Labute approximate surface area is 274 Å². The Morgan fingerprint density at radius 3 is 1.16 bits per heavy atom. The largest absolute Gasteiger partial charge is 0.432 e. The van der Waals surface area contributed by atoms with E-state index in [4.69, 9.17) is 33.9 Å². The van der Waals surface area contributed by atoms with E-state index in [1.54, 1.807) is 9.80 Å². The molecule has 0 atom stereocenters. The molecule has 0 saturated carbocycles. The first-order valence-electron chi connectivity index (χ1n) is 14.8. The van der Waals surface area contributed by atoms with Gasteiger partial charge in [0.1, 0.15) is 11.5 Å². The van der Waals surface area contributed by atoms with Gasteiger partial charge in [0, 0.05) is 28.2 Å². The van der Waals surface area contributed by atoms with Crippen LogP contribution in [0, 0.1) is 0 Å². The average Bonchev–Trinajstić information content (AvgIpc) is 3.32. The zero-order chi connectivity index (χ0) is 31.3. The molecule has 0 bridgehead atoms. The summed E-state index contributed by atoms with van der Waals surface area (Å²) in [6.07, 6.45) is 0. The quantitative estimate of drug-likeness (QED) is 0.182. The smallest absolute Gasteiger partial charge is 0.264 e. The fourth-order valence-corrected chi connectivity index (χ4v) is 6.60. The van der Waals surface area contributed by atoms with E-state index in [0.717, 1.165) is 11.1 Å². The maximum absolute atomic E-state index is 5.98. The molecule has 6 aromatic rings. The molecule has 0 spiro atoms. The summed E-state index contributed by atoms with van der Waals surface area (Å²) in [7, 11) is 7.52. The Kier molecular flexibility index (Phi) is 7.27. The van der Waals surface area contributed by atoms with Crippen molar-refractivity contribution in [1.29, 1.82) is 0 Å². The Morgan fingerprint density at radius 2 is 0.822 bits per heavy atom. The molecule has 0 radical (unpaired) electrons. The van der Waals surface area contributed by atoms with Crippen LogP contribution in [0.15, 0.2) is 121 Å². The lowest BCUT2D eigenvalue weighted by Crippen LogP contribution is -2.29. The molecule has 222 valence electrons. The summed E-state index contributed by atoms with van der Waals surface area (Å²) in [6, 6.07) is 43.3. The van der Waals surface area contributed by atoms with E-state index in [0.29, 0.717) is 21.8 Å². The molecule has 0 saturated heterocycles. The van der Waals surface area contributed by atoms with Gasteiger partial charge in [0.15, 0.2) is 0 Å². The molecule has 0 unspecified atom stereocenters. The molecule has 7 rings (SSSR count). The number of thiocarbonyl (C=S) groups is 2. The molecule has 0 aromatic heterocycles. The van der Waals surface area contributed by atoms with E-state index in [1.807, 2.05) is 52.5 Å². The highest BCUT2D eigenvalue weighted by molar-refractivity contribution is 7.80. The molecular formula is C39H32N2O2S2. The lowest BCUT2D eigenvalue weighted by atomic mass is 9.67. The standard InChI is InChI=1S/C39H32N2O2S2/c1-40(2)37(44)42-31-17-13-29(14-18-31)39(30-15-19-32(20-16-30)43-38(45)41(3)4)35-23-27-11-7-5-9-25(27)21-33(35)34-22-26-10-6-8-12-28(26)24-36(34)39/h5-24H,1-4H3. The van der Waals surface area contributed by atoms with Crippen LogP contribution in [-0.2, 0) is 5.41 Å². The molecule has 1 aliphatic rings. The second-order valence-electron chi connectivity index (χ2n) is 11.8. The van der Waals surface area contributed by atoms with Crippen LogP contribution < -0.4 is 9.47 Å². The van der Waals surface area contributed by atoms with Crippen molar-refractivity contribution in [3.8, 4) is 22.6 Å². The van der Waals surface area contributed by atoms with Crippen molar-refractivity contribution in [3.05, 3.63) is 144 Å². The van der Waals surface area contributed by atoms with Crippen molar-refractivity contribution < 1.29 is 9.47 Å². The molecule has 0 aliphatic heterocycles. The lowest BCUT2D eigenvalue weighted by molar-refractivity contribution is 0.449. The summed E-state index contributed by atoms with van der Waals surface area (Å²) in [4.78, 5) is 3.58. The van der Waals surface area contributed by atoms with Gasteiger partial charge in [-0.05, 0) is 128 Å². The van der Waals surface area contributed by atoms with Crippen molar-refractivity contribution in [2.24, 2.45) is 0 Å². The number of benzene rings is 6. The second kappa shape index (κ2) is 11.3. The predicted octanol–water partition coefficient (Wildman–Crippen LogP) is 8.81. The van der Waals surface area contributed by atoms with Crippen LogP contribution in [-0.4, -0.2) is 48.3 Å². The van der Waals surface area contributed by atoms with E-state index >= 15 is 0 Å². The van der Waals surface area contributed by atoms with E-state index in [9.17, 15) is 0 Å². The van der Waals surface area contributed by atoms with Gasteiger partial charge in [0.25, 0.3) is 10.3 Å². The monoisotopic (exact) mass is 624 g/mol. The minimum atomic E-state index is -0.611. The SMILES string of the molecule is CN(C)C(=S)Oc1ccc(C2(c3ccc(OC(=S)N(C)C)cc3)c3cc4ccccc4cc3-c3cc4ccccc4cc32)cc1. The van der Waals surface area contributed by atoms with Crippen LogP contribution in [0.3, 0.4) is 0 Å². The van der Waals surface area contributed by atoms with Crippen LogP contribution in [0.25, 0.3) is 32.7 Å². The van der Waals surface area contributed by atoms with E-state index < -0.39 is 5.41 Å². The van der Waals surface area contributed by atoms with Crippen LogP contribution in [0.1, 0.15) is 22.3 Å². The van der Waals surface area contributed by atoms with Crippen LogP contribution in [0.5, 0.6) is 11.5 Å². The minimum absolute atomic E-state index is 0.415. The van der Waals surface area contributed by atoms with Crippen LogP contribution in [0.4, 0.5) is 0 Å². The van der Waals surface area contributed by atoms with Gasteiger partial charge in [-0.3, -0.25) is 0 Å². The van der Waals surface area contributed by atoms with Gasteiger partial charge in [-0.1, -0.05) is 72.8 Å². The van der Waals surface area contributed by atoms with Crippen LogP contribution in [0.2, 0.25) is 0 Å². The zero-order valence-electron chi connectivity index (χ0n) is 25.6. The summed E-state index contributed by atoms with van der Waals surface area (Å²) >= 11 is 10.9. The molecule has 1 aliphatic carbocycles. The number of hydrogen-bond donors (Lipinski definition) is 0.